The zero-order valence-corrected chi connectivity index (χ0v) is 12.2. The van der Waals surface area contributed by atoms with Crippen molar-refractivity contribution in [2.45, 2.75) is 52.3 Å². The van der Waals surface area contributed by atoms with E-state index in [1.807, 2.05) is 20.8 Å². The van der Waals surface area contributed by atoms with E-state index < -0.39 is 12.0 Å². The average Bonchev–Trinajstić information content (AvgIpc) is 2.26. The summed E-state index contributed by atoms with van der Waals surface area (Å²) in [5.74, 6) is -0.780. The van der Waals surface area contributed by atoms with E-state index in [1.54, 1.807) is 6.92 Å². The molecule has 0 radical (unpaired) electrons. The lowest BCUT2D eigenvalue weighted by molar-refractivity contribution is -0.144. The highest BCUT2D eigenvalue weighted by Crippen LogP contribution is 2.29. The minimum absolute atomic E-state index is 0.171. The number of hydrogen-bond acceptors (Lipinski definition) is 4. The molecule has 0 spiro atoms. The lowest BCUT2D eigenvalue weighted by atomic mass is 9.99. The van der Waals surface area contributed by atoms with Gasteiger partial charge in [0.2, 0.25) is 5.82 Å². The van der Waals surface area contributed by atoms with Crippen LogP contribution < -0.4 is 10.6 Å². The van der Waals surface area contributed by atoms with Crippen molar-refractivity contribution in [1.29, 1.82) is 0 Å². The molecule has 2 N–H and O–H groups in total. The van der Waals surface area contributed by atoms with Gasteiger partial charge in [0.1, 0.15) is 11.6 Å². The van der Waals surface area contributed by atoms with Gasteiger partial charge in [-0.3, -0.25) is 0 Å². The van der Waals surface area contributed by atoms with Crippen molar-refractivity contribution in [1.82, 2.24) is 9.97 Å². The molecule has 0 amide bonds. The van der Waals surface area contributed by atoms with E-state index in [0.29, 0.717) is 6.54 Å². The monoisotopic (exact) mass is 290 g/mol. The van der Waals surface area contributed by atoms with Crippen molar-refractivity contribution in [3.05, 3.63) is 11.9 Å². The number of nitrogens with one attached hydrogen (secondary N) is 2. The zero-order valence-electron chi connectivity index (χ0n) is 12.2. The number of rotatable bonds is 6. The van der Waals surface area contributed by atoms with Crippen LogP contribution in [0.3, 0.4) is 0 Å². The molecule has 0 aliphatic rings. The zero-order chi connectivity index (χ0) is 15.4. The Labute approximate surface area is 117 Å². The molecule has 1 rings (SSSR count). The van der Waals surface area contributed by atoms with Crippen molar-refractivity contribution in [2.24, 2.45) is 0 Å². The Kier molecular flexibility index (Phi) is 5.19. The molecule has 1 heterocycles. The first-order valence-corrected chi connectivity index (χ1v) is 6.66. The van der Waals surface area contributed by atoms with Gasteiger partial charge in [0.15, 0.2) is 0 Å². The molecule has 0 aromatic carbocycles. The van der Waals surface area contributed by atoms with E-state index in [0.717, 1.165) is 12.8 Å². The van der Waals surface area contributed by atoms with Gasteiger partial charge in [-0.1, -0.05) is 13.3 Å². The summed E-state index contributed by atoms with van der Waals surface area (Å²) in [6.07, 6.45) is -2.80. The summed E-state index contributed by atoms with van der Waals surface area (Å²) in [7, 11) is 0. The molecule has 0 atom stereocenters. The molecule has 0 aliphatic carbocycles. The number of hydrogen-bond donors (Lipinski definition) is 2. The largest absolute Gasteiger partial charge is 0.451 e. The smallest absolute Gasteiger partial charge is 0.370 e. The highest BCUT2D eigenvalue weighted by atomic mass is 19.4. The van der Waals surface area contributed by atoms with Gasteiger partial charge in [0.25, 0.3) is 0 Å². The highest BCUT2D eigenvalue weighted by molar-refractivity contribution is 5.49. The SMILES string of the molecule is CCCC(C)(C)Nc1cc(NCC)nc(C(F)(F)F)n1. The first kappa shape index (κ1) is 16.5. The Bertz CT molecular complexity index is 444. The molecule has 0 fully saturated rings. The summed E-state index contributed by atoms with van der Waals surface area (Å²) in [6.45, 7) is 8.17. The number of halogens is 3. The summed E-state index contributed by atoms with van der Waals surface area (Å²) in [5.41, 5.74) is -0.324. The predicted octanol–water partition coefficient (Wildman–Crippen LogP) is 3.92. The van der Waals surface area contributed by atoms with E-state index >= 15 is 0 Å². The first-order chi connectivity index (χ1) is 9.18. The second-order valence-electron chi connectivity index (χ2n) is 5.25. The standard InChI is InChI=1S/C13H21F3N4/c1-5-7-12(3,4)20-10-8-9(17-6-2)18-11(19-10)13(14,15)16/h8H,5-7H2,1-4H3,(H2,17,18,19,20). The Morgan fingerprint density at radius 1 is 1.10 bits per heavy atom. The van der Waals surface area contributed by atoms with E-state index in [1.165, 1.54) is 6.07 Å². The minimum Gasteiger partial charge on any atom is -0.370 e. The molecule has 1 aromatic heterocycles. The summed E-state index contributed by atoms with van der Waals surface area (Å²) < 4.78 is 38.4. The Morgan fingerprint density at radius 2 is 1.70 bits per heavy atom. The third-order valence-electron chi connectivity index (χ3n) is 2.68. The van der Waals surface area contributed by atoms with Gasteiger partial charge in [0, 0.05) is 18.2 Å². The second kappa shape index (κ2) is 6.28. The van der Waals surface area contributed by atoms with Crippen LogP contribution in [0.15, 0.2) is 6.07 Å². The van der Waals surface area contributed by atoms with Gasteiger partial charge < -0.3 is 10.6 Å². The molecular weight excluding hydrogens is 269 g/mol. The van der Waals surface area contributed by atoms with Crippen molar-refractivity contribution in [2.75, 3.05) is 17.2 Å². The highest BCUT2D eigenvalue weighted by Gasteiger charge is 2.35. The lowest BCUT2D eigenvalue weighted by Crippen LogP contribution is -2.31. The van der Waals surface area contributed by atoms with Crippen LogP contribution in [-0.2, 0) is 6.18 Å². The van der Waals surface area contributed by atoms with Crippen molar-refractivity contribution < 1.29 is 13.2 Å². The van der Waals surface area contributed by atoms with Gasteiger partial charge in [-0.2, -0.15) is 13.2 Å². The van der Waals surface area contributed by atoms with E-state index in [2.05, 4.69) is 20.6 Å². The molecular formula is C13H21F3N4. The third kappa shape index (κ3) is 4.86. The van der Waals surface area contributed by atoms with Crippen LogP contribution in [0.2, 0.25) is 0 Å². The number of alkyl halides is 3. The topological polar surface area (TPSA) is 49.8 Å². The molecule has 0 bridgehead atoms. The summed E-state index contributed by atoms with van der Waals surface area (Å²) in [4.78, 5) is 7.05. The van der Waals surface area contributed by atoms with Crippen LogP contribution in [0.4, 0.5) is 24.8 Å². The Hall–Kier alpha value is -1.53. The summed E-state index contributed by atoms with van der Waals surface area (Å²) in [6, 6.07) is 1.50. The van der Waals surface area contributed by atoms with Crippen molar-refractivity contribution >= 4 is 11.6 Å². The van der Waals surface area contributed by atoms with Gasteiger partial charge in [-0.05, 0) is 27.2 Å². The number of aromatic nitrogens is 2. The van der Waals surface area contributed by atoms with Crippen LogP contribution in [0.25, 0.3) is 0 Å². The van der Waals surface area contributed by atoms with Gasteiger partial charge in [0.05, 0.1) is 0 Å². The fourth-order valence-corrected chi connectivity index (χ4v) is 1.94. The molecule has 4 nitrogen and oxygen atoms in total. The maximum Gasteiger partial charge on any atom is 0.451 e. The molecule has 0 unspecified atom stereocenters. The quantitative estimate of drug-likeness (QED) is 0.833. The maximum atomic E-state index is 12.8. The summed E-state index contributed by atoms with van der Waals surface area (Å²) >= 11 is 0. The Morgan fingerprint density at radius 3 is 2.20 bits per heavy atom. The molecule has 114 valence electrons. The molecule has 0 aliphatic heterocycles. The third-order valence-corrected chi connectivity index (χ3v) is 2.68. The van der Waals surface area contributed by atoms with E-state index in [-0.39, 0.29) is 17.2 Å². The van der Waals surface area contributed by atoms with Gasteiger partial charge in [-0.15, -0.1) is 0 Å². The number of anilines is 2. The molecule has 7 heteroatoms. The van der Waals surface area contributed by atoms with Crippen LogP contribution in [0.1, 0.15) is 46.4 Å². The Balaban J connectivity index is 3.09. The number of nitrogens with zero attached hydrogens (tertiary/aromatic N) is 2. The van der Waals surface area contributed by atoms with E-state index in [9.17, 15) is 13.2 Å². The fourth-order valence-electron chi connectivity index (χ4n) is 1.94. The van der Waals surface area contributed by atoms with Gasteiger partial charge >= 0.3 is 6.18 Å². The fraction of sp³-hybridized carbons (Fsp3) is 0.692. The normalized spacial score (nSPS) is 12.3. The first-order valence-electron chi connectivity index (χ1n) is 6.66. The maximum absolute atomic E-state index is 12.8. The van der Waals surface area contributed by atoms with Crippen molar-refractivity contribution in [3.8, 4) is 0 Å². The van der Waals surface area contributed by atoms with Crippen LogP contribution in [0, 0.1) is 0 Å². The molecule has 0 saturated heterocycles. The second-order valence-corrected chi connectivity index (χ2v) is 5.25. The van der Waals surface area contributed by atoms with Crippen LogP contribution in [0.5, 0.6) is 0 Å². The predicted molar refractivity (Wildman–Crippen MR) is 73.8 cm³/mol. The van der Waals surface area contributed by atoms with Crippen LogP contribution >= 0.6 is 0 Å². The van der Waals surface area contributed by atoms with Crippen LogP contribution in [-0.4, -0.2) is 22.1 Å². The molecule has 0 saturated carbocycles. The molecule has 20 heavy (non-hydrogen) atoms. The van der Waals surface area contributed by atoms with Gasteiger partial charge in [-0.25, -0.2) is 9.97 Å². The minimum atomic E-state index is -4.56. The lowest BCUT2D eigenvalue weighted by Gasteiger charge is -2.27. The average molecular weight is 290 g/mol. The van der Waals surface area contributed by atoms with E-state index in [4.69, 9.17) is 0 Å². The molecule has 1 aromatic rings. The summed E-state index contributed by atoms with van der Waals surface area (Å²) in [5, 5.41) is 5.83. The van der Waals surface area contributed by atoms with Crippen molar-refractivity contribution in [3.63, 3.8) is 0 Å².